The molecule has 1 fully saturated rings. The van der Waals surface area contributed by atoms with E-state index in [0.717, 1.165) is 29.7 Å². The summed E-state index contributed by atoms with van der Waals surface area (Å²) in [7, 11) is -3.40. The summed E-state index contributed by atoms with van der Waals surface area (Å²) >= 11 is 0. The third kappa shape index (κ3) is 5.08. The van der Waals surface area contributed by atoms with E-state index in [1.165, 1.54) is 0 Å². The quantitative estimate of drug-likeness (QED) is 0.567. The van der Waals surface area contributed by atoms with Crippen molar-refractivity contribution in [2.75, 3.05) is 13.1 Å². The predicted octanol–water partition coefficient (Wildman–Crippen LogP) is 3.47. The van der Waals surface area contributed by atoms with E-state index in [1.807, 2.05) is 42.0 Å². The number of hydrogen-bond acceptors (Lipinski definition) is 4. The maximum atomic E-state index is 12.6. The highest BCUT2D eigenvalue weighted by Crippen LogP contribution is 2.21. The number of hydrogen-bond donors (Lipinski definition) is 1. The number of nitrogens with zero attached hydrogens (tertiary/aromatic N) is 3. The van der Waals surface area contributed by atoms with E-state index in [0.29, 0.717) is 30.8 Å². The van der Waals surface area contributed by atoms with Crippen LogP contribution in [0.2, 0.25) is 0 Å². The molecule has 1 N–H and O–H groups in total. The zero-order valence-corrected chi connectivity index (χ0v) is 19.0. The fourth-order valence-electron chi connectivity index (χ4n) is 3.91. The summed E-state index contributed by atoms with van der Waals surface area (Å²) in [5.41, 5.74) is 2.98. The van der Waals surface area contributed by atoms with Gasteiger partial charge < -0.3 is 9.88 Å². The molecule has 0 saturated carbocycles. The SMILES string of the molecule is C[C@H](NC(=O)CCc1ccc(S(=O)(=O)N2CCCC2)cc1)c1ccc(-n2ccnc2)cc1. The first-order valence-electron chi connectivity index (χ1n) is 10.9. The second-order valence-corrected chi connectivity index (χ2v) is 10.0. The lowest BCUT2D eigenvalue weighted by Gasteiger charge is -2.16. The van der Waals surface area contributed by atoms with E-state index >= 15 is 0 Å². The van der Waals surface area contributed by atoms with Gasteiger partial charge in [0.15, 0.2) is 0 Å². The second-order valence-electron chi connectivity index (χ2n) is 8.11. The molecule has 1 aliphatic heterocycles. The lowest BCUT2D eigenvalue weighted by atomic mass is 10.1. The van der Waals surface area contributed by atoms with Crippen LogP contribution in [0.5, 0.6) is 0 Å². The van der Waals surface area contributed by atoms with Gasteiger partial charge in [-0.2, -0.15) is 4.31 Å². The van der Waals surface area contributed by atoms with E-state index in [9.17, 15) is 13.2 Å². The van der Waals surface area contributed by atoms with Gasteiger partial charge in [0.05, 0.1) is 17.3 Å². The zero-order chi connectivity index (χ0) is 22.6. The van der Waals surface area contributed by atoms with Crippen LogP contribution in [0.25, 0.3) is 5.69 Å². The van der Waals surface area contributed by atoms with Crippen LogP contribution < -0.4 is 5.32 Å². The maximum absolute atomic E-state index is 12.6. The zero-order valence-electron chi connectivity index (χ0n) is 18.1. The minimum atomic E-state index is -3.40. The molecule has 0 unspecified atom stereocenters. The Bertz CT molecular complexity index is 1130. The Hall–Kier alpha value is -2.97. The monoisotopic (exact) mass is 452 g/mol. The molecular weight excluding hydrogens is 424 g/mol. The number of carbonyl (C=O) groups is 1. The molecule has 0 radical (unpaired) electrons. The van der Waals surface area contributed by atoms with Crippen molar-refractivity contribution in [1.82, 2.24) is 19.2 Å². The highest BCUT2D eigenvalue weighted by molar-refractivity contribution is 7.89. The Balaban J connectivity index is 1.29. The van der Waals surface area contributed by atoms with E-state index in [4.69, 9.17) is 0 Å². The van der Waals surface area contributed by atoms with Crippen molar-refractivity contribution in [3.05, 3.63) is 78.4 Å². The molecule has 0 aliphatic carbocycles. The van der Waals surface area contributed by atoms with Crippen LogP contribution in [0.4, 0.5) is 0 Å². The van der Waals surface area contributed by atoms with Crippen LogP contribution in [0.3, 0.4) is 0 Å². The highest BCUT2D eigenvalue weighted by Gasteiger charge is 2.26. The molecule has 7 nitrogen and oxygen atoms in total. The number of rotatable bonds is 8. The number of sulfonamides is 1. The van der Waals surface area contributed by atoms with Gasteiger partial charge in [-0.25, -0.2) is 13.4 Å². The Morgan fingerprint density at radius 2 is 1.75 bits per heavy atom. The summed E-state index contributed by atoms with van der Waals surface area (Å²) in [6, 6.07) is 14.8. The molecule has 0 spiro atoms. The first-order chi connectivity index (χ1) is 15.4. The molecule has 8 heteroatoms. The number of aromatic nitrogens is 2. The van der Waals surface area contributed by atoms with Crippen molar-refractivity contribution in [1.29, 1.82) is 0 Å². The summed E-state index contributed by atoms with van der Waals surface area (Å²) in [6.07, 6.45) is 8.09. The second kappa shape index (κ2) is 9.67. The number of carbonyl (C=O) groups excluding carboxylic acids is 1. The number of benzene rings is 2. The van der Waals surface area contributed by atoms with E-state index in [2.05, 4.69) is 10.3 Å². The molecule has 2 heterocycles. The van der Waals surface area contributed by atoms with Gasteiger partial charge in [0.1, 0.15) is 0 Å². The highest BCUT2D eigenvalue weighted by atomic mass is 32.2. The average Bonchev–Trinajstić information content (AvgIpc) is 3.53. The topological polar surface area (TPSA) is 84.3 Å². The van der Waals surface area contributed by atoms with Crippen molar-refractivity contribution in [2.45, 2.75) is 43.5 Å². The molecule has 1 saturated heterocycles. The fourth-order valence-corrected chi connectivity index (χ4v) is 5.42. The lowest BCUT2D eigenvalue weighted by molar-refractivity contribution is -0.121. The van der Waals surface area contributed by atoms with E-state index in [-0.39, 0.29) is 11.9 Å². The summed E-state index contributed by atoms with van der Waals surface area (Å²) in [5.74, 6) is -0.0371. The molecular formula is C24H28N4O3S. The smallest absolute Gasteiger partial charge is 0.243 e. The number of imidazole rings is 1. The van der Waals surface area contributed by atoms with Crippen molar-refractivity contribution in [3.63, 3.8) is 0 Å². The fraction of sp³-hybridized carbons (Fsp3) is 0.333. The molecule has 4 rings (SSSR count). The molecule has 168 valence electrons. The first kappa shape index (κ1) is 22.2. The Morgan fingerprint density at radius 3 is 2.38 bits per heavy atom. The van der Waals surface area contributed by atoms with Crippen LogP contribution in [0.1, 0.15) is 43.4 Å². The molecule has 1 aliphatic rings. The van der Waals surface area contributed by atoms with Gasteiger partial charge >= 0.3 is 0 Å². The average molecular weight is 453 g/mol. The molecule has 1 amide bonds. The van der Waals surface area contributed by atoms with Crippen molar-refractivity contribution >= 4 is 15.9 Å². The van der Waals surface area contributed by atoms with Crippen LogP contribution in [0, 0.1) is 0 Å². The summed E-state index contributed by atoms with van der Waals surface area (Å²) in [6.45, 7) is 3.14. The van der Waals surface area contributed by atoms with E-state index in [1.54, 1.807) is 41.1 Å². The van der Waals surface area contributed by atoms with Gasteiger partial charge in [-0.1, -0.05) is 24.3 Å². The molecule has 0 bridgehead atoms. The first-order valence-corrected chi connectivity index (χ1v) is 12.3. The van der Waals surface area contributed by atoms with Gasteiger partial charge in [0, 0.05) is 37.6 Å². The molecule has 1 aromatic heterocycles. The third-order valence-electron chi connectivity index (χ3n) is 5.84. The normalized spacial score (nSPS) is 15.5. The Labute approximate surface area is 189 Å². The van der Waals surface area contributed by atoms with Gasteiger partial charge in [-0.05, 0) is 61.6 Å². The van der Waals surface area contributed by atoms with Gasteiger partial charge in [0.2, 0.25) is 15.9 Å². The van der Waals surface area contributed by atoms with Crippen LogP contribution in [-0.4, -0.2) is 41.3 Å². The summed E-state index contributed by atoms with van der Waals surface area (Å²) in [5, 5.41) is 3.03. The summed E-state index contributed by atoms with van der Waals surface area (Å²) < 4.78 is 28.7. The standard InChI is InChI=1S/C24H28N4O3S/c1-19(21-7-9-22(10-8-21)27-17-14-25-18-27)26-24(29)13-6-20-4-11-23(12-5-20)32(30,31)28-15-2-3-16-28/h4-5,7-12,14,17-19H,2-3,6,13,15-16H2,1H3,(H,26,29)/t19-/m0/s1. The van der Waals surface area contributed by atoms with E-state index < -0.39 is 10.0 Å². The largest absolute Gasteiger partial charge is 0.350 e. The predicted molar refractivity (Wildman–Crippen MR) is 123 cm³/mol. The van der Waals surface area contributed by atoms with Crippen molar-refractivity contribution in [2.24, 2.45) is 0 Å². The lowest BCUT2D eigenvalue weighted by Crippen LogP contribution is -2.28. The molecule has 1 atom stereocenters. The van der Waals surface area contributed by atoms with Crippen LogP contribution in [-0.2, 0) is 21.2 Å². The minimum Gasteiger partial charge on any atom is -0.350 e. The number of nitrogens with one attached hydrogen (secondary N) is 1. The van der Waals surface area contributed by atoms with Crippen LogP contribution in [0.15, 0.2) is 72.1 Å². The number of aryl methyl sites for hydroxylation is 1. The molecule has 3 aromatic rings. The summed E-state index contributed by atoms with van der Waals surface area (Å²) in [4.78, 5) is 16.8. The molecule has 2 aromatic carbocycles. The molecule has 32 heavy (non-hydrogen) atoms. The minimum absolute atomic E-state index is 0.0371. The van der Waals surface area contributed by atoms with Crippen molar-refractivity contribution < 1.29 is 13.2 Å². The third-order valence-corrected chi connectivity index (χ3v) is 7.75. The maximum Gasteiger partial charge on any atom is 0.243 e. The number of amides is 1. The van der Waals surface area contributed by atoms with Gasteiger partial charge in [-0.15, -0.1) is 0 Å². The van der Waals surface area contributed by atoms with Crippen molar-refractivity contribution in [3.8, 4) is 5.69 Å². The van der Waals surface area contributed by atoms with Crippen LogP contribution >= 0.6 is 0 Å². The van der Waals surface area contributed by atoms with Gasteiger partial charge in [-0.3, -0.25) is 4.79 Å². The van der Waals surface area contributed by atoms with Gasteiger partial charge in [0.25, 0.3) is 0 Å². The Kier molecular flexibility index (Phi) is 6.72. The Morgan fingerprint density at radius 1 is 1.06 bits per heavy atom.